The molecule has 0 unspecified atom stereocenters. The molecule has 0 atom stereocenters. The van der Waals surface area contributed by atoms with Crippen molar-refractivity contribution >= 4 is 29.4 Å². The highest BCUT2D eigenvalue weighted by molar-refractivity contribution is 5.87. The van der Waals surface area contributed by atoms with E-state index < -0.39 is 5.97 Å². The Hall–Kier alpha value is -3.28. The van der Waals surface area contributed by atoms with Gasteiger partial charge in [-0.1, -0.05) is 31.5 Å². The number of hydrogen-bond donors (Lipinski definition) is 2. The monoisotopic (exact) mass is 422 g/mol. The third-order valence-corrected chi connectivity index (χ3v) is 5.81. The van der Waals surface area contributed by atoms with Gasteiger partial charge in [0.05, 0.1) is 5.92 Å². The van der Waals surface area contributed by atoms with Gasteiger partial charge in [0.1, 0.15) is 12.4 Å². The topological polar surface area (TPSA) is 105 Å². The third-order valence-electron chi connectivity index (χ3n) is 5.81. The van der Waals surface area contributed by atoms with Crippen molar-refractivity contribution in [2.24, 2.45) is 11.8 Å². The Morgan fingerprint density at radius 3 is 2.39 bits per heavy atom. The lowest BCUT2D eigenvalue weighted by atomic mass is 9.81. The first-order valence-electron chi connectivity index (χ1n) is 10.7. The first-order chi connectivity index (χ1) is 14.9. The van der Waals surface area contributed by atoms with E-state index in [1.54, 1.807) is 48.5 Å². The average Bonchev–Trinajstić information content (AvgIpc) is 2.78. The predicted molar refractivity (Wildman–Crippen MR) is 122 cm³/mol. The second-order valence-corrected chi connectivity index (χ2v) is 8.02. The number of benzene rings is 2. The summed E-state index contributed by atoms with van der Waals surface area (Å²) in [6.07, 6.45) is 8.18. The number of carbonyl (C=O) groups is 2. The van der Waals surface area contributed by atoms with Crippen LogP contribution in [0.15, 0.2) is 48.5 Å². The van der Waals surface area contributed by atoms with Crippen molar-refractivity contribution in [2.45, 2.75) is 45.6 Å². The van der Waals surface area contributed by atoms with E-state index in [-0.39, 0.29) is 18.5 Å². The molecule has 6 nitrogen and oxygen atoms in total. The molecule has 1 fully saturated rings. The fourth-order valence-electron chi connectivity index (χ4n) is 3.76. The van der Waals surface area contributed by atoms with Gasteiger partial charge in [-0.05, 0) is 67.5 Å². The number of nitrogen functional groups attached to an aromatic ring is 2. The Kier molecular flexibility index (Phi) is 7.70. The van der Waals surface area contributed by atoms with Crippen molar-refractivity contribution in [3.63, 3.8) is 0 Å². The maximum atomic E-state index is 12.4. The average molecular weight is 423 g/mol. The molecule has 1 aliphatic rings. The summed E-state index contributed by atoms with van der Waals surface area (Å²) in [7, 11) is 0. The van der Waals surface area contributed by atoms with Crippen LogP contribution >= 0.6 is 0 Å². The van der Waals surface area contributed by atoms with Gasteiger partial charge in [-0.3, -0.25) is 4.79 Å². The molecule has 2 aromatic rings. The molecule has 0 aromatic heterocycles. The maximum Gasteiger partial charge on any atom is 0.331 e. The zero-order valence-electron chi connectivity index (χ0n) is 17.9. The predicted octanol–water partition coefficient (Wildman–Crippen LogP) is 4.73. The molecule has 0 aliphatic heterocycles. The van der Waals surface area contributed by atoms with Gasteiger partial charge < -0.3 is 20.9 Å². The fourth-order valence-corrected chi connectivity index (χ4v) is 3.76. The minimum atomic E-state index is -0.477. The Labute approximate surface area is 183 Å². The third kappa shape index (κ3) is 6.60. The van der Waals surface area contributed by atoms with E-state index in [0.717, 1.165) is 37.2 Å². The standard InChI is InChI=1S/C25H30N2O4/c1-2-17-3-8-19(9-4-17)25(29)31-22-12-5-18(6-13-22)7-14-24(28)30-16-20-10-11-21(26)15-23(20)27/h5-7,10-15,17,19H,2-4,8-9,16,26-27H2,1H3. The van der Waals surface area contributed by atoms with Gasteiger partial charge in [-0.25, -0.2) is 4.79 Å². The van der Waals surface area contributed by atoms with Crippen LogP contribution < -0.4 is 16.2 Å². The second kappa shape index (κ2) is 10.7. The summed E-state index contributed by atoms with van der Waals surface area (Å²) in [4.78, 5) is 24.3. The molecule has 6 heteroatoms. The van der Waals surface area contributed by atoms with E-state index in [0.29, 0.717) is 22.7 Å². The van der Waals surface area contributed by atoms with Gasteiger partial charge in [0, 0.05) is 23.0 Å². The SMILES string of the molecule is CCC1CCC(C(=O)Oc2ccc(C=CC(=O)OCc3ccc(N)cc3N)cc2)CC1. The van der Waals surface area contributed by atoms with E-state index in [1.165, 1.54) is 12.5 Å². The highest BCUT2D eigenvalue weighted by Gasteiger charge is 2.26. The van der Waals surface area contributed by atoms with Gasteiger partial charge in [-0.2, -0.15) is 0 Å². The van der Waals surface area contributed by atoms with Gasteiger partial charge >= 0.3 is 11.9 Å². The van der Waals surface area contributed by atoms with Crippen LogP contribution in [-0.2, 0) is 20.9 Å². The van der Waals surface area contributed by atoms with Crippen molar-refractivity contribution in [1.29, 1.82) is 0 Å². The second-order valence-electron chi connectivity index (χ2n) is 8.02. The summed E-state index contributed by atoms with van der Waals surface area (Å²) in [5, 5.41) is 0. The van der Waals surface area contributed by atoms with Crippen molar-refractivity contribution in [3.05, 3.63) is 59.7 Å². The number of anilines is 2. The lowest BCUT2D eigenvalue weighted by molar-refractivity contribution is -0.140. The minimum Gasteiger partial charge on any atom is -0.458 e. The molecule has 0 saturated heterocycles. The van der Waals surface area contributed by atoms with Crippen LogP contribution in [0.1, 0.15) is 50.2 Å². The highest BCUT2D eigenvalue weighted by atomic mass is 16.5. The van der Waals surface area contributed by atoms with Gasteiger partial charge in [0.2, 0.25) is 0 Å². The molecule has 31 heavy (non-hydrogen) atoms. The first-order valence-corrected chi connectivity index (χ1v) is 10.7. The molecule has 1 aliphatic carbocycles. The summed E-state index contributed by atoms with van der Waals surface area (Å²) in [6, 6.07) is 12.1. The molecule has 164 valence electrons. The number of rotatable bonds is 7. The van der Waals surface area contributed by atoms with Gasteiger partial charge in [0.15, 0.2) is 0 Å². The summed E-state index contributed by atoms with van der Waals surface area (Å²) in [5.74, 6) is 0.622. The van der Waals surface area contributed by atoms with E-state index in [1.807, 2.05) is 0 Å². The summed E-state index contributed by atoms with van der Waals surface area (Å²) in [5.41, 5.74) is 14.1. The Morgan fingerprint density at radius 1 is 1.03 bits per heavy atom. The summed E-state index contributed by atoms with van der Waals surface area (Å²) < 4.78 is 10.7. The molecule has 0 heterocycles. The molecular weight excluding hydrogens is 392 g/mol. The lowest BCUT2D eigenvalue weighted by Gasteiger charge is -2.26. The van der Waals surface area contributed by atoms with Crippen molar-refractivity contribution in [1.82, 2.24) is 0 Å². The van der Waals surface area contributed by atoms with Crippen molar-refractivity contribution < 1.29 is 19.1 Å². The molecular formula is C25H30N2O4. The molecule has 0 radical (unpaired) electrons. The highest BCUT2D eigenvalue weighted by Crippen LogP contribution is 2.31. The summed E-state index contributed by atoms with van der Waals surface area (Å²) >= 11 is 0. The Morgan fingerprint density at radius 2 is 1.74 bits per heavy atom. The smallest absolute Gasteiger partial charge is 0.331 e. The molecule has 2 aromatic carbocycles. The Bertz CT molecular complexity index is 929. The van der Waals surface area contributed by atoms with Crippen LogP contribution in [0.2, 0.25) is 0 Å². The molecule has 4 N–H and O–H groups in total. The van der Waals surface area contributed by atoms with E-state index in [2.05, 4.69) is 6.92 Å². The normalized spacial score (nSPS) is 18.6. The number of nitrogens with two attached hydrogens (primary N) is 2. The summed E-state index contributed by atoms with van der Waals surface area (Å²) in [6.45, 7) is 2.28. The van der Waals surface area contributed by atoms with Crippen LogP contribution in [0.3, 0.4) is 0 Å². The van der Waals surface area contributed by atoms with Crippen LogP contribution in [0.4, 0.5) is 11.4 Å². The van der Waals surface area contributed by atoms with Gasteiger partial charge in [0.25, 0.3) is 0 Å². The number of esters is 2. The lowest BCUT2D eigenvalue weighted by Crippen LogP contribution is -2.25. The molecule has 0 amide bonds. The zero-order valence-corrected chi connectivity index (χ0v) is 17.9. The molecule has 0 spiro atoms. The molecule has 0 bridgehead atoms. The number of hydrogen-bond acceptors (Lipinski definition) is 6. The molecule has 3 rings (SSSR count). The number of ether oxygens (including phenoxy) is 2. The van der Waals surface area contributed by atoms with Crippen LogP contribution in [0.25, 0.3) is 6.08 Å². The minimum absolute atomic E-state index is 0.00719. The van der Waals surface area contributed by atoms with Crippen LogP contribution in [-0.4, -0.2) is 11.9 Å². The Balaban J connectivity index is 1.46. The molecule has 1 saturated carbocycles. The van der Waals surface area contributed by atoms with Crippen molar-refractivity contribution in [2.75, 3.05) is 11.5 Å². The van der Waals surface area contributed by atoms with Crippen molar-refractivity contribution in [3.8, 4) is 5.75 Å². The largest absolute Gasteiger partial charge is 0.458 e. The quantitative estimate of drug-likeness (QED) is 0.289. The first kappa shape index (κ1) is 22.4. The maximum absolute atomic E-state index is 12.4. The van der Waals surface area contributed by atoms with Gasteiger partial charge in [-0.15, -0.1) is 0 Å². The fraction of sp³-hybridized carbons (Fsp3) is 0.360. The van der Waals surface area contributed by atoms with Crippen LogP contribution in [0, 0.1) is 11.8 Å². The van der Waals surface area contributed by atoms with E-state index in [4.69, 9.17) is 20.9 Å². The number of carbonyl (C=O) groups excluding carboxylic acids is 2. The van der Waals surface area contributed by atoms with E-state index >= 15 is 0 Å². The zero-order chi connectivity index (χ0) is 22.2. The van der Waals surface area contributed by atoms with Crippen LogP contribution in [0.5, 0.6) is 5.75 Å². The van der Waals surface area contributed by atoms with E-state index in [9.17, 15) is 9.59 Å².